The topological polar surface area (TPSA) is 73.9 Å². The number of para-hydroxylation sites is 2. The summed E-state index contributed by atoms with van der Waals surface area (Å²) in [4.78, 5) is 23.5. The number of amides is 1. The number of hydrogen-bond acceptors (Lipinski definition) is 5. The van der Waals surface area contributed by atoms with Crippen LogP contribution < -0.4 is 14.8 Å². The molecule has 132 valence electrons. The molecule has 0 fully saturated rings. The molecule has 25 heavy (non-hydrogen) atoms. The molecule has 1 N–H and O–H groups in total. The first kappa shape index (κ1) is 19.0. The number of carbonyl (C=O) groups excluding carboxylic acids is 2. The van der Waals surface area contributed by atoms with Gasteiger partial charge in [0.25, 0.3) is 5.91 Å². The maximum atomic E-state index is 11.8. The summed E-state index contributed by atoms with van der Waals surface area (Å²) >= 11 is 2.17. The van der Waals surface area contributed by atoms with Crippen LogP contribution in [-0.4, -0.2) is 31.7 Å². The average molecular weight is 455 g/mol. The Kier molecular flexibility index (Phi) is 7.52. The van der Waals surface area contributed by atoms with Gasteiger partial charge in [0, 0.05) is 9.26 Å². The lowest BCUT2D eigenvalue weighted by atomic mass is 10.3. The predicted molar refractivity (Wildman–Crippen MR) is 102 cm³/mol. The van der Waals surface area contributed by atoms with Crippen LogP contribution in [0, 0.1) is 3.57 Å². The largest absolute Gasteiger partial charge is 0.490 e. The highest BCUT2D eigenvalue weighted by Gasteiger charge is 2.11. The Morgan fingerprint density at radius 2 is 1.60 bits per heavy atom. The lowest BCUT2D eigenvalue weighted by molar-refractivity contribution is -0.149. The van der Waals surface area contributed by atoms with Crippen LogP contribution in [0.25, 0.3) is 0 Å². The zero-order chi connectivity index (χ0) is 18.1. The van der Waals surface area contributed by atoms with Gasteiger partial charge in [-0.05, 0) is 65.9 Å². The predicted octanol–water partition coefficient (Wildman–Crippen LogP) is 3.25. The van der Waals surface area contributed by atoms with Crippen LogP contribution in [0.3, 0.4) is 0 Å². The van der Waals surface area contributed by atoms with E-state index in [2.05, 4.69) is 27.9 Å². The van der Waals surface area contributed by atoms with Crippen LogP contribution in [0.2, 0.25) is 0 Å². The number of nitrogens with one attached hydrogen (secondary N) is 1. The van der Waals surface area contributed by atoms with Crippen molar-refractivity contribution in [2.75, 3.05) is 25.1 Å². The number of benzene rings is 2. The molecule has 7 heteroatoms. The Balaban J connectivity index is 1.75. The maximum Gasteiger partial charge on any atom is 0.344 e. The van der Waals surface area contributed by atoms with E-state index in [4.69, 9.17) is 14.2 Å². The fourth-order valence-corrected chi connectivity index (χ4v) is 2.26. The molecule has 0 saturated heterocycles. The first-order valence-electron chi connectivity index (χ1n) is 7.64. The molecule has 0 aliphatic carbocycles. The second kappa shape index (κ2) is 9.87. The molecule has 0 radical (unpaired) electrons. The van der Waals surface area contributed by atoms with Crippen LogP contribution in [0.4, 0.5) is 5.69 Å². The number of rotatable bonds is 8. The number of carbonyl (C=O) groups is 2. The second-order valence-electron chi connectivity index (χ2n) is 4.88. The lowest BCUT2D eigenvalue weighted by Gasteiger charge is -2.11. The summed E-state index contributed by atoms with van der Waals surface area (Å²) in [6, 6.07) is 14.3. The van der Waals surface area contributed by atoms with Crippen LogP contribution >= 0.6 is 22.6 Å². The highest BCUT2D eigenvalue weighted by Crippen LogP contribution is 2.26. The molecule has 1 amide bonds. The first-order valence-corrected chi connectivity index (χ1v) is 8.72. The zero-order valence-electron chi connectivity index (χ0n) is 13.7. The van der Waals surface area contributed by atoms with Gasteiger partial charge in [0.15, 0.2) is 24.7 Å². The molecule has 0 saturated carbocycles. The molecule has 2 rings (SSSR count). The molecule has 0 unspecified atom stereocenters. The van der Waals surface area contributed by atoms with Crippen molar-refractivity contribution in [3.63, 3.8) is 0 Å². The summed E-state index contributed by atoms with van der Waals surface area (Å²) < 4.78 is 16.7. The van der Waals surface area contributed by atoms with Crippen molar-refractivity contribution < 1.29 is 23.8 Å². The minimum absolute atomic E-state index is 0.305. The van der Waals surface area contributed by atoms with E-state index in [9.17, 15) is 9.59 Å². The van der Waals surface area contributed by atoms with Crippen molar-refractivity contribution in [3.8, 4) is 11.5 Å². The molecule has 2 aromatic rings. The van der Waals surface area contributed by atoms with Gasteiger partial charge in [0.05, 0.1) is 6.61 Å². The summed E-state index contributed by atoms with van der Waals surface area (Å²) in [6.45, 7) is 1.67. The zero-order valence-corrected chi connectivity index (χ0v) is 15.8. The third-order valence-electron chi connectivity index (χ3n) is 2.99. The average Bonchev–Trinajstić information content (AvgIpc) is 2.61. The summed E-state index contributed by atoms with van der Waals surface area (Å²) in [6.07, 6.45) is 0. The molecule has 0 aliphatic rings. The van der Waals surface area contributed by atoms with Gasteiger partial charge in [0.2, 0.25) is 0 Å². The summed E-state index contributed by atoms with van der Waals surface area (Å²) in [5, 5.41) is 2.64. The summed E-state index contributed by atoms with van der Waals surface area (Å²) in [7, 11) is 0. The van der Waals surface area contributed by atoms with Crippen molar-refractivity contribution in [1.82, 2.24) is 0 Å². The van der Waals surface area contributed by atoms with E-state index in [1.807, 2.05) is 25.1 Å². The monoisotopic (exact) mass is 455 g/mol. The SMILES string of the molecule is CCOc1ccccc1OCC(=O)OCC(=O)Nc1ccc(I)cc1. The molecule has 0 spiro atoms. The van der Waals surface area contributed by atoms with E-state index >= 15 is 0 Å². The van der Waals surface area contributed by atoms with E-state index in [1.165, 1.54) is 0 Å². The van der Waals surface area contributed by atoms with Gasteiger partial charge in [0.1, 0.15) is 0 Å². The molecule has 0 heterocycles. The van der Waals surface area contributed by atoms with E-state index in [0.29, 0.717) is 23.8 Å². The summed E-state index contributed by atoms with van der Waals surface area (Å²) in [5.74, 6) is -0.0489. The molecular weight excluding hydrogens is 437 g/mol. The van der Waals surface area contributed by atoms with Crippen LogP contribution in [0.1, 0.15) is 6.92 Å². The first-order chi connectivity index (χ1) is 12.1. The Morgan fingerprint density at radius 3 is 2.24 bits per heavy atom. The van der Waals surface area contributed by atoms with Crippen LogP contribution in [-0.2, 0) is 14.3 Å². The fourth-order valence-electron chi connectivity index (χ4n) is 1.90. The number of anilines is 1. The van der Waals surface area contributed by atoms with Crippen molar-refractivity contribution in [3.05, 3.63) is 52.1 Å². The smallest absolute Gasteiger partial charge is 0.344 e. The molecule has 0 aromatic heterocycles. The number of esters is 1. The van der Waals surface area contributed by atoms with Crippen molar-refractivity contribution in [2.45, 2.75) is 6.92 Å². The van der Waals surface area contributed by atoms with Crippen LogP contribution in [0.5, 0.6) is 11.5 Å². The number of halogens is 1. The quantitative estimate of drug-likeness (QED) is 0.489. The number of hydrogen-bond donors (Lipinski definition) is 1. The second-order valence-corrected chi connectivity index (χ2v) is 6.13. The standard InChI is InChI=1S/C18H18INO5/c1-2-23-15-5-3-4-6-16(15)24-12-18(22)25-11-17(21)20-14-9-7-13(19)8-10-14/h3-10H,2,11-12H2,1H3,(H,20,21). The minimum Gasteiger partial charge on any atom is -0.490 e. The van der Waals surface area contributed by atoms with Crippen LogP contribution in [0.15, 0.2) is 48.5 Å². The van der Waals surface area contributed by atoms with Gasteiger partial charge in [-0.1, -0.05) is 12.1 Å². The molecule has 2 aromatic carbocycles. The fraction of sp³-hybridized carbons (Fsp3) is 0.222. The third-order valence-corrected chi connectivity index (χ3v) is 3.71. The Hall–Kier alpha value is -2.29. The van der Waals surface area contributed by atoms with Crippen molar-refractivity contribution in [1.29, 1.82) is 0 Å². The van der Waals surface area contributed by atoms with Gasteiger partial charge in [-0.2, -0.15) is 0 Å². The molecule has 0 atom stereocenters. The molecule has 0 bridgehead atoms. The van der Waals surface area contributed by atoms with Gasteiger partial charge in [-0.3, -0.25) is 4.79 Å². The summed E-state index contributed by atoms with van der Waals surface area (Å²) in [5.41, 5.74) is 0.642. The Morgan fingerprint density at radius 1 is 0.960 bits per heavy atom. The van der Waals surface area contributed by atoms with E-state index in [0.717, 1.165) is 3.57 Å². The molecule has 0 aliphatic heterocycles. The van der Waals surface area contributed by atoms with Crippen molar-refractivity contribution in [2.24, 2.45) is 0 Å². The van der Waals surface area contributed by atoms with Gasteiger partial charge < -0.3 is 19.5 Å². The Labute approximate surface area is 159 Å². The highest BCUT2D eigenvalue weighted by molar-refractivity contribution is 14.1. The normalized spacial score (nSPS) is 10.0. The van der Waals surface area contributed by atoms with E-state index in [-0.39, 0.29) is 13.2 Å². The van der Waals surface area contributed by atoms with Gasteiger partial charge >= 0.3 is 5.97 Å². The third kappa shape index (κ3) is 6.61. The highest BCUT2D eigenvalue weighted by atomic mass is 127. The molecule has 6 nitrogen and oxygen atoms in total. The molecular formula is C18H18INO5. The van der Waals surface area contributed by atoms with Crippen molar-refractivity contribution >= 4 is 40.2 Å². The van der Waals surface area contributed by atoms with E-state index in [1.54, 1.807) is 30.3 Å². The Bertz CT molecular complexity index is 718. The van der Waals surface area contributed by atoms with E-state index < -0.39 is 11.9 Å². The maximum absolute atomic E-state index is 11.8. The lowest BCUT2D eigenvalue weighted by Crippen LogP contribution is -2.23. The number of ether oxygens (including phenoxy) is 3. The van der Waals surface area contributed by atoms with Gasteiger partial charge in [-0.25, -0.2) is 4.79 Å². The minimum atomic E-state index is -0.635. The van der Waals surface area contributed by atoms with Gasteiger partial charge in [-0.15, -0.1) is 0 Å².